The molecule has 0 saturated heterocycles. The SMILES string of the molecule is Cc1ccc(C)n2nc(CCc3nc(-c4ccccc4O[11CH3])cn3C)nc12. The van der Waals surface area contributed by atoms with Crippen LogP contribution in [0.25, 0.3) is 16.9 Å². The molecule has 0 unspecified atom stereocenters. The fraction of sp³-hybridized carbons (Fsp3) is 0.286. The minimum Gasteiger partial charge on any atom is -0.496 e. The highest BCUT2D eigenvalue weighted by Gasteiger charge is 2.13. The Bertz CT molecular complexity index is 1070. The number of ether oxygens (including phenoxy) is 1. The van der Waals surface area contributed by atoms with E-state index in [9.17, 15) is 0 Å². The predicted molar refractivity (Wildman–Crippen MR) is 105 cm³/mol. The lowest BCUT2D eigenvalue weighted by atomic mass is 10.1. The molecule has 138 valence electrons. The van der Waals surface area contributed by atoms with Gasteiger partial charge in [0.1, 0.15) is 11.6 Å². The number of aromatic nitrogens is 5. The van der Waals surface area contributed by atoms with Crippen LogP contribution in [0.3, 0.4) is 0 Å². The number of hydrogen-bond acceptors (Lipinski definition) is 4. The molecule has 0 saturated carbocycles. The number of fused-ring (bicyclic) bond motifs is 1. The van der Waals surface area contributed by atoms with E-state index in [-0.39, 0.29) is 0 Å². The Morgan fingerprint density at radius 2 is 1.81 bits per heavy atom. The topological polar surface area (TPSA) is 57.2 Å². The summed E-state index contributed by atoms with van der Waals surface area (Å²) in [6.45, 7) is 4.11. The second-order valence-electron chi connectivity index (χ2n) is 6.77. The molecule has 3 aromatic heterocycles. The summed E-state index contributed by atoms with van der Waals surface area (Å²) < 4.78 is 9.45. The van der Waals surface area contributed by atoms with Crippen molar-refractivity contribution in [3.8, 4) is 17.0 Å². The van der Waals surface area contributed by atoms with Gasteiger partial charge in [0.25, 0.3) is 0 Å². The van der Waals surface area contributed by atoms with E-state index in [4.69, 9.17) is 14.7 Å². The first-order chi connectivity index (χ1) is 13.1. The largest absolute Gasteiger partial charge is 0.496 e. The van der Waals surface area contributed by atoms with Gasteiger partial charge >= 0.3 is 0 Å². The lowest BCUT2D eigenvalue weighted by Gasteiger charge is -2.04. The van der Waals surface area contributed by atoms with Gasteiger partial charge in [-0.1, -0.05) is 18.2 Å². The van der Waals surface area contributed by atoms with Crippen LogP contribution >= 0.6 is 0 Å². The highest BCUT2D eigenvalue weighted by Crippen LogP contribution is 2.28. The maximum absolute atomic E-state index is 5.46. The summed E-state index contributed by atoms with van der Waals surface area (Å²) in [7, 11) is 3.70. The molecule has 0 N–H and O–H groups in total. The van der Waals surface area contributed by atoms with Crippen LogP contribution in [-0.4, -0.2) is 31.3 Å². The van der Waals surface area contributed by atoms with Gasteiger partial charge in [-0.15, -0.1) is 0 Å². The van der Waals surface area contributed by atoms with E-state index in [2.05, 4.69) is 28.7 Å². The minimum atomic E-state index is 0.747. The highest BCUT2D eigenvalue weighted by atomic mass is 16.4. The molecule has 0 amide bonds. The molecular formula is C21H23N5O. The predicted octanol–water partition coefficient (Wildman–Crippen LogP) is 3.54. The molecule has 3 heterocycles. The van der Waals surface area contributed by atoms with Crippen LogP contribution in [0.2, 0.25) is 0 Å². The Hall–Kier alpha value is -3.15. The lowest BCUT2D eigenvalue weighted by molar-refractivity contribution is 0.416. The van der Waals surface area contributed by atoms with Crippen molar-refractivity contribution in [1.82, 2.24) is 24.1 Å². The number of rotatable bonds is 5. The quantitative estimate of drug-likeness (QED) is 0.546. The molecule has 0 aliphatic heterocycles. The third kappa shape index (κ3) is 3.18. The van der Waals surface area contributed by atoms with Crippen LogP contribution in [0.1, 0.15) is 22.9 Å². The van der Waals surface area contributed by atoms with E-state index >= 15 is 0 Å². The van der Waals surface area contributed by atoms with Crippen molar-refractivity contribution in [2.45, 2.75) is 26.7 Å². The van der Waals surface area contributed by atoms with Gasteiger partial charge in [-0.3, -0.25) is 0 Å². The van der Waals surface area contributed by atoms with Crippen LogP contribution in [-0.2, 0) is 19.9 Å². The third-order valence-corrected chi connectivity index (χ3v) is 4.84. The molecule has 0 aliphatic carbocycles. The maximum atomic E-state index is 5.46. The zero-order valence-electron chi connectivity index (χ0n) is 16.1. The van der Waals surface area contributed by atoms with Crippen molar-refractivity contribution in [3.63, 3.8) is 0 Å². The average molecular weight is 360 g/mol. The fourth-order valence-corrected chi connectivity index (χ4v) is 3.30. The van der Waals surface area contributed by atoms with Gasteiger partial charge in [0, 0.05) is 37.3 Å². The summed E-state index contributed by atoms with van der Waals surface area (Å²) in [6, 6.07) is 12.1. The van der Waals surface area contributed by atoms with Crippen LogP contribution in [0.4, 0.5) is 0 Å². The Kier molecular flexibility index (Phi) is 4.39. The van der Waals surface area contributed by atoms with Crippen molar-refractivity contribution in [1.29, 1.82) is 0 Å². The van der Waals surface area contributed by atoms with Gasteiger partial charge in [-0.2, -0.15) is 5.10 Å². The van der Waals surface area contributed by atoms with Crippen LogP contribution < -0.4 is 4.74 Å². The molecule has 4 aromatic rings. The summed E-state index contributed by atoms with van der Waals surface area (Å²) in [5.74, 6) is 2.67. The number of hydrogen-bond donors (Lipinski definition) is 0. The highest BCUT2D eigenvalue weighted by molar-refractivity contribution is 5.66. The number of imidazole rings is 1. The molecular weight excluding hydrogens is 337 g/mol. The number of aryl methyl sites for hydroxylation is 5. The smallest absolute Gasteiger partial charge is 0.158 e. The standard InChI is InChI=1S/C21H23N5O/c1-14-9-10-15(2)26-21(14)23-19(24-26)11-12-20-22-17(13-25(20)3)16-7-5-6-8-18(16)27-4/h5-10,13H,11-12H2,1-4H3/i4-1. The van der Waals surface area contributed by atoms with E-state index in [0.29, 0.717) is 0 Å². The van der Waals surface area contributed by atoms with Crippen molar-refractivity contribution in [3.05, 3.63) is 65.5 Å². The molecule has 6 heteroatoms. The first-order valence-electron chi connectivity index (χ1n) is 9.04. The molecule has 0 spiro atoms. The second-order valence-corrected chi connectivity index (χ2v) is 6.77. The lowest BCUT2D eigenvalue weighted by Crippen LogP contribution is -2.01. The van der Waals surface area contributed by atoms with Crippen LogP contribution in [0, 0.1) is 13.8 Å². The minimum absolute atomic E-state index is 0.747. The molecule has 27 heavy (non-hydrogen) atoms. The normalized spacial score (nSPS) is 11.3. The molecule has 0 bridgehead atoms. The van der Waals surface area contributed by atoms with Gasteiger partial charge in [-0.25, -0.2) is 14.5 Å². The number of pyridine rings is 1. The summed E-state index contributed by atoms with van der Waals surface area (Å²) in [6.07, 6.45) is 3.57. The molecule has 0 atom stereocenters. The third-order valence-electron chi connectivity index (χ3n) is 4.84. The molecule has 0 radical (unpaired) electrons. The summed E-state index contributed by atoms with van der Waals surface area (Å²) >= 11 is 0. The monoisotopic (exact) mass is 360 g/mol. The maximum Gasteiger partial charge on any atom is 0.158 e. The average Bonchev–Trinajstić information content (AvgIpc) is 3.27. The second kappa shape index (κ2) is 6.87. The van der Waals surface area contributed by atoms with Gasteiger partial charge in [0.2, 0.25) is 0 Å². The fourth-order valence-electron chi connectivity index (χ4n) is 3.30. The zero-order chi connectivity index (χ0) is 19.0. The van der Waals surface area contributed by atoms with Crippen molar-refractivity contribution < 1.29 is 4.74 Å². The Balaban J connectivity index is 1.58. The van der Waals surface area contributed by atoms with Crippen LogP contribution in [0.15, 0.2) is 42.6 Å². The number of para-hydroxylation sites is 1. The van der Waals surface area contributed by atoms with Crippen molar-refractivity contribution in [2.75, 3.05) is 7.11 Å². The first kappa shape index (κ1) is 17.3. The number of benzene rings is 1. The van der Waals surface area contributed by atoms with Gasteiger partial charge in [0.15, 0.2) is 11.5 Å². The molecule has 1 aromatic carbocycles. The Morgan fingerprint density at radius 3 is 2.59 bits per heavy atom. The Labute approximate surface area is 158 Å². The summed E-state index contributed by atoms with van der Waals surface area (Å²) in [4.78, 5) is 9.52. The summed E-state index contributed by atoms with van der Waals surface area (Å²) in [5.41, 5.74) is 5.07. The van der Waals surface area contributed by atoms with Gasteiger partial charge in [-0.05, 0) is 37.6 Å². The zero-order valence-corrected chi connectivity index (χ0v) is 16.1. The molecule has 0 fully saturated rings. The van der Waals surface area contributed by atoms with Gasteiger partial charge < -0.3 is 9.30 Å². The van der Waals surface area contributed by atoms with E-state index in [1.807, 2.05) is 48.9 Å². The first-order valence-corrected chi connectivity index (χ1v) is 9.04. The number of methoxy groups -OCH3 is 1. The van der Waals surface area contributed by atoms with Crippen LogP contribution in [0.5, 0.6) is 5.75 Å². The molecule has 4 rings (SSSR count). The molecule has 0 aliphatic rings. The van der Waals surface area contributed by atoms with E-state index in [0.717, 1.165) is 58.4 Å². The Morgan fingerprint density at radius 1 is 1.00 bits per heavy atom. The van der Waals surface area contributed by atoms with E-state index < -0.39 is 0 Å². The molecule has 6 nitrogen and oxygen atoms in total. The van der Waals surface area contributed by atoms with Crippen molar-refractivity contribution >= 4 is 5.65 Å². The van der Waals surface area contributed by atoms with E-state index in [1.165, 1.54) is 0 Å². The summed E-state index contributed by atoms with van der Waals surface area (Å²) in [5, 5.41) is 4.66. The number of nitrogens with zero attached hydrogens (tertiary/aromatic N) is 5. The van der Waals surface area contributed by atoms with Gasteiger partial charge in [0.05, 0.1) is 12.8 Å². The van der Waals surface area contributed by atoms with E-state index in [1.54, 1.807) is 7.11 Å². The van der Waals surface area contributed by atoms with Crippen molar-refractivity contribution in [2.24, 2.45) is 7.05 Å².